The average Bonchev–Trinajstić information content (AvgIpc) is 3.33. The fourth-order valence-electron chi connectivity index (χ4n) is 4.32. The molecule has 0 saturated carbocycles. The molecule has 7 nitrogen and oxygen atoms in total. The second-order valence-electron chi connectivity index (χ2n) is 8.32. The van der Waals surface area contributed by atoms with E-state index >= 15 is 0 Å². The van der Waals surface area contributed by atoms with Crippen LogP contribution in [0.1, 0.15) is 34.2 Å². The van der Waals surface area contributed by atoms with Crippen molar-refractivity contribution in [3.05, 3.63) is 101 Å². The molecule has 0 radical (unpaired) electrons. The van der Waals surface area contributed by atoms with Crippen LogP contribution in [0.15, 0.2) is 78.9 Å². The number of carbonyl (C=O) groups is 2. The van der Waals surface area contributed by atoms with Crippen LogP contribution in [0.3, 0.4) is 0 Å². The highest BCUT2D eigenvalue weighted by Crippen LogP contribution is 2.27. The van der Waals surface area contributed by atoms with E-state index in [9.17, 15) is 14.7 Å². The predicted molar refractivity (Wildman–Crippen MR) is 128 cm³/mol. The van der Waals surface area contributed by atoms with Crippen molar-refractivity contribution in [2.24, 2.45) is 0 Å². The Balaban J connectivity index is 1.57. The Labute approximate surface area is 197 Å². The molecule has 1 aliphatic rings. The van der Waals surface area contributed by atoms with Gasteiger partial charge in [-0.1, -0.05) is 73.7 Å². The standard InChI is InChI=1S/C27H24N4O3/c1-2-18-12-14-22(15-13-18)31-25(19-8-4-3-5-9-19)28-24(29-31)26(32)30-17-21-11-7-6-10-20(21)16-23(30)27(33)34/h3-15,23H,2,16-17H2,1H3,(H,33,34)/t23-/m0/s1. The number of hydrogen-bond donors (Lipinski definition) is 1. The summed E-state index contributed by atoms with van der Waals surface area (Å²) in [6.07, 6.45) is 1.17. The van der Waals surface area contributed by atoms with Gasteiger partial charge in [-0.25, -0.2) is 14.5 Å². The van der Waals surface area contributed by atoms with Crippen molar-refractivity contribution in [3.63, 3.8) is 0 Å². The number of fused-ring (bicyclic) bond motifs is 1. The zero-order valence-corrected chi connectivity index (χ0v) is 18.8. The molecule has 170 valence electrons. The smallest absolute Gasteiger partial charge is 0.326 e. The first kappa shape index (κ1) is 21.6. The third-order valence-corrected chi connectivity index (χ3v) is 6.21. The second-order valence-corrected chi connectivity index (χ2v) is 8.32. The molecule has 0 aliphatic carbocycles. The van der Waals surface area contributed by atoms with E-state index in [1.807, 2.05) is 78.9 Å². The highest BCUT2D eigenvalue weighted by atomic mass is 16.4. The van der Waals surface area contributed by atoms with Crippen LogP contribution < -0.4 is 0 Å². The first-order valence-corrected chi connectivity index (χ1v) is 11.3. The molecule has 0 unspecified atom stereocenters. The predicted octanol–water partition coefficient (Wildman–Crippen LogP) is 4.15. The molecule has 1 aromatic heterocycles. The van der Waals surface area contributed by atoms with Gasteiger partial charge >= 0.3 is 5.97 Å². The highest BCUT2D eigenvalue weighted by molar-refractivity contribution is 5.94. The highest BCUT2D eigenvalue weighted by Gasteiger charge is 2.36. The molecule has 2 heterocycles. The molecule has 0 spiro atoms. The number of amides is 1. The van der Waals surface area contributed by atoms with Crippen LogP contribution in [0.25, 0.3) is 17.1 Å². The van der Waals surface area contributed by atoms with Crippen molar-refractivity contribution in [3.8, 4) is 17.1 Å². The lowest BCUT2D eigenvalue weighted by atomic mass is 9.94. The Kier molecular flexibility index (Phi) is 5.67. The third kappa shape index (κ3) is 3.96. The second kappa shape index (κ2) is 8.94. The van der Waals surface area contributed by atoms with E-state index in [4.69, 9.17) is 0 Å². The van der Waals surface area contributed by atoms with Gasteiger partial charge in [0.1, 0.15) is 6.04 Å². The quantitative estimate of drug-likeness (QED) is 0.492. The van der Waals surface area contributed by atoms with Crippen LogP contribution in [0, 0.1) is 0 Å². The Bertz CT molecular complexity index is 1350. The molecule has 1 amide bonds. The lowest BCUT2D eigenvalue weighted by Crippen LogP contribution is -2.49. The van der Waals surface area contributed by atoms with Crippen molar-refractivity contribution >= 4 is 11.9 Å². The van der Waals surface area contributed by atoms with Gasteiger partial charge < -0.3 is 10.0 Å². The zero-order chi connectivity index (χ0) is 23.7. The molecule has 1 N–H and O–H groups in total. The van der Waals surface area contributed by atoms with Crippen molar-refractivity contribution in [2.75, 3.05) is 0 Å². The number of aryl methyl sites for hydroxylation is 1. The van der Waals surface area contributed by atoms with Crippen molar-refractivity contribution < 1.29 is 14.7 Å². The summed E-state index contributed by atoms with van der Waals surface area (Å²) in [7, 11) is 0. The zero-order valence-electron chi connectivity index (χ0n) is 18.8. The van der Waals surface area contributed by atoms with Crippen LogP contribution in [-0.4, -0.2) is 42.7 Å². The Morgan fingerprint density at radius 1 is 0.941 bits per heavy atom. The molecule has 7 heteroatoms. The van der Waals surface area contributed by atoms with E-state index in [1.165, 1.54) is 10.5 Å². The van der Waals surface area contributed by atoms with Crippen LogP contribution in [0.4, 0.5) is 0 Å². The number of aliphatic carboxylic acids is 1. The van der Waals surface area contributed by atoms with E-state index in [0.717, 1.165) is 28.8 Å². The van der Waals surface area contributed by atoms with Crippen LogP contribution in [0.5, 0.6) is 0 Å². The molecular formula is C27H24N4O3. The molecule has 0 fully saturated rings. The number of benzene rings is 3. The summed E-state index contributed by atoms with van der Waals surface area (Å²) in [6.45, 7) is 2.29. The molecule has 1 atom stereocenters. The van der Waals surface area contributed by atoms with Gasteiger partial charge in [-0.05, 0) is 35.2 Å². The van der Waals surface area contributed by atoms with Crippen molar-refractivity contribution in [2.45, 2.75) is 32.4 Å². The largest absolute Gasteiger partial charge is 0.480 e. The molecule has 0 bridgehead atoms. The summed E-state index contributed by atoms with van der Waals surface area (Å²) in [5.41, 5.74) is 4.66. The van der Waals surface area contributed by atoms with Gasteiger partial charge in [0.2, 0.25) is 5.82 Å². The van der Waals surface area contributed by atoms with Gasteiger partial charge in [0, 0.05) is 18.5 Å². The number of carbonyl (C=O) groups excluding carboxylic acids is 1. The third-order valence-electron chi connectivity index (χ3n) is 6.21. The molecule has 34 heavy (non-hydrogen) atoms. The van der Waals surface area contributed by atoms with Crippen LogP contribution >= 0.6 is 0 Å². The van der Waals surface area contributed by atoms with E-state index in [0.29, 0.717) is 5.82 Å². The first-order chi connectivity index (χ1) is 16.5. The molecule has 0 saturated heterocycles. The fraction of sp³-hybridized carbons (Fsp3) is 0.185. The van der Waals surface area contributed by atoms with Gasteiger partial charge in [-0.2, -0.15) is 0 Å². The molecular weight excluding hydrogens is 428 g/mol. The maximum atomic E-state index is 13.6. The topological polar surface area (TPSA) is 88.3 Å². The Morgan fingerprint density at radius 3 is 2.29 bits per heavy atom. The van der Waals surface area contributed by atoms with Gasteiger partial charge in [0.15, 0.2) is 5.82 Å². The minimum atomic E-state index is -1.04. The Morgan fingerprint density at radius 2 is 1.62 bits per heavy atom. The SMILES string of the molecule is CCc1ccc(-n2nc(C(=O)N3Cc4ccccc4C[C@H]3C(=O)O)nc2-c2ccccc2)cc1. The minimum Gasteiger partial charge on any atom is -0.480 e. The van der Waals surface area contributed by atoms with E-state index in [1.54, 1.807) is 4.68 Å². The van der Waals surface area contributed by atoms with Crippen molar-refractivity contribution in [1.82, 2.24) is 19.7 Å². The summed E-state index contributed by atoms with van der Waals surface area (Å²) < 4.78 is 1.65. The molecule has 4 aromatic rings. The number of aromatic nitrogens is 3. The van der Waals surface area contributed by atoms with Gasteiger partial charge in [0.05, 0.1) is 5.69 Å². The maximum Gasteiger partial charge on any atom is 0.326 e. The summed E-state index contributed by atoms with van der Waals surface area (Å²) >= 11 is 0. The fourth-order valence-corrected chi connectivity index (χ4v) is 4.32. The number of hydrogen-bond acceptors (Lipinski definition) is 4. The number of nitrogens with zero attached hydrogens (tertiary/aromatic N) is 4. The molecule has 3 aromatic carbocycles. The number of carboxylic acid groups (broad SMARTS) is 1. The summed E-state index contributed by atoms with van der Waals surface area (Å²) in [4.78, 5) is 31.6. The summed E-state index contributed by atoms with van der Waals surface area (Å²) in [5, 5.41) is 14.4. The van der Waals surface area contributed by atoms with E-state index in [2.05, 4.69) is 17.0 Å². The lowest BCUT2D eigenvalue weighted by Gasteiger charge is -2.33. The number of carboxylic acids is 1. The summed E-state index contributed by atoms with van der Waals surface area (Å²) in [6, 6.07) is 24.1. The average molecular weight is 453 g/mol. The maximum absolute atomic E-state index is 13.6. The lowest BCUT2D eigenvalue weighted by molar-refractivity contribution is -0.142. The van der Waals surface area contributed by atoms with E-state index < -0.39 is 17.9 Å². The van der Waals surface area contributed by atoms with Crippen LogP contribution in [0.2, 0.25) is 0 Å². The summed E-state index contributed by atoms with van der Waals surface area (Å²) in [5.74, 6) is -1.04. The molecule has 5 rings (SSSR count). The minimum absolute atomic E-state index is 0.0240. The monoisotopic (exact) mass is 452 g/mol. The Hall–Kier alpha value is -4.26. The van der Waals surface area contributed by atoms with Crippen LogP contribution in [-0.2, 0) is 24.2 Å². The first-order valence-electron chi connectivity index (χ1n) is 11.3. The van der Waals surface area contributed by atoms with Gasteiger partial charge in [-0.3, -0.25) is 4.79 Å². The van der Waals surface area contributed by atoms with Crippen molar-refractivity contribution in [1.29, 1.82) is 0 Å². The molecule has 1 aliphatic heterocycles. The van der Waals surface area contributed by atoms with Gasteiger partial charge in [-0.15, -0.1) is 5.10 Å². The van der Waals surface area contributed by atoms with Gasteiger partial charge in [0.25, 0.3) is 5.91 Å². The van der Waals surface area contributed by atoms with E-state index in [-0.39, 0.29) is 18.8 Å². The number of rotatable bonds is 5. The normalized spacial score (nSPS) is 15.1.